The Morgan fingerprint density at radius 1 is 1.50 bits per heavy atom. The topological polar surface area (TPSA) is 15.3 Å². The van der Waals surface area contributed by atoms with Gasteiger partial charge in [0.2, 0.25) is 0 Å². The summed E-state index contributed by atoms with van der Waals surface area (Å²) in [6, 6.07) is 0.701. The van der Waals surface area contributed by atoms with Crippen molar-refractivity contribution in [2.45, 2.75) is 38.3 Å². The van der Waals surface area contributed by atoms with E-state index in [0.717, 1.165) is 0 Å². The zero-order valence-corrected chi connectivity index (χ0v) is 8.01. The second-order valence-corrected chi connectivity index (χ2v) is 4.35. The van der Waals surface area contributed by atoms with Crippen LogP contribution < -0.4 is 5.32 Å². The van der Waals surface area contributed by atoms with Gasteiger partial charge in [0.1, 0.15) is 0 Å². The lowest BCUT2D eigenvalue weighted by Gasteiger charge is -2.26. The molecule has 1 spiro atoms. The summed E-state index contributed by atoms with van der Waals surface area (Å²) in [5.41, 5.74) is 0.407. The first-order valence-electron chi connectivity index (χ1n) is 4.89. The molecule has 1 fully saturated rings. The van der Waals surface area contributed by atoms with Crippen molar-refractivity contribution in [1.82, 2.24) is 10.2 Å². The third-order valence-corrected chi connectivity index (χ3v) is 3.13. The van der Waals surface area contributed by atoms with Gasteiger partial charge in [-0.2, -0.15) is 0 Å². The van der Waals surface area contributed by atoms with Crippen LogP contribution in [0.5, 0.6) is 0 Å². The third kappa shape index (κ3) is 1.24. The maximum Gasteiger partial charge on any atom is 0.0542 e. The molecule has 1 unspecified atom stereocenters. The van der Waals surface area contributed by atoms with E-state index in [-0.39, 0.29) is 0 Å². The largest absolute Gasteiger partial charge is 0.384 e. The molecule has 0 bridgehead atoms. The lowest BCUT2D eigenvalue weighted by Crippen LogP contribution is -2.42. The van der Waals surface area contributed by atoms with Gasteiger partial charge in [0.15, 0.2) is 0 Å². The van der Waals surface area contributed by atoms with Crippen LogP contribution in [0.25, 0.3) is 0 Å². The number of nitrogens with one attached hydrogen (secondary N) is 1. The van der Waals surface area contributed by atoms with Crippen LogP contribution in [0.3, 0.4) is 0 Å². The lowest BCUT2D eigenvalue weighted by molar-refractivity contribution is 0.251. The van der Waals surface area contributed by atoms with Crippen LogP contribution in [0.2, 0.25) is 0 Å². The summed E-state index contributed by atoms with van der Waals surface area (Å²) in [5, 5.41) is 3.49. The standard InChI is InChI=1S/C10H18N2/c1-9(2)12-7-5-10(8-12)4-3-6-11-10/h3,6,9,11H,4-5,7-8H2,1-2H3. The highest BCUT2D eigenvalue weighted by Gasteiger charge is 2.38. The number of rotatable bonds is 1. The fraction of sp³-hybridized carbons (Fsp3) is 0.800. The van der Waals surface area contributed by atoms with Crippen molar-refractivity contribution in [1.29, 1.82) is 0 Å². The SMILES string of the molecule is CC(C)N1CCC2(CC=CN2)C1. The van der Waals surface area contributed by atoms with E-state index in [0.29, 0.717) is 11.6 Å². The van der Waals surface area contributed by atoms with Gasteiger partial charge >= 0.3 is 0 Å². The van der Waals surface area contributed by atoms with E-state index in [1.54, 1.807) is 0 Å². The molecule has 12 heavy (non-hydrogen) atoms. The Labute approximate surface area is 74.6 Å². The molecule has 68 valence electrons. The quantitative estimate of drug-likeness (QED) is 0.632. The highest BCUT2D eigenvalue weighted by atomic mass is 15.2. The molecule has 0 aromatic heterocycles. The Bertz CT molecular complexity index is 188. The molecule has 2 rings (SSSR count). The van der Waals surface area contributed by atoms with Crippen molar-refractivity contribution in [2.24, 2.45) is 0 Å². The Kier molecular flexibility index (Phi) is 1.87. The van der Waals surface area contributed by atoms with Gasteiger partial charge in [-0.25, -0.2) is 0 Å². The van der Waals surface area contributed by atoms with Gasteiger partial charge in [-0.1, -0.05) is 6.08 Å². The van der Waals surface area contributed by atoms with Crippen LogP contribution in [0, 0.1) is 0 Å². The molecule has 2 aliphatic heterocycles. The molecular formula is C10H18N2. The van der Waals surface area contributed by atoms with Gasteiger partial charge in [-0.15, -0.1) is 0 Å². The molecule has 0 radical (unpaired) electrons. The third-order valence-electron chi connectivity index (χ3n) is 3.13. The summed E-state index contributed by atoms with van der Waals surface area (Å²) in [7, 11) is 0. The van der Waals surface area contributed by atoms with Crippen molar-refractivity contribution in [3.63, 3.8) is 0 Å². The molecule has 0 amide bonds. The second-order valence-electron chi connectivity index (χ2n) is 4.35. The van der Waals surface area contributed by atoms with E-state index >= 15 is 0 Å². The van der Waals surface area contributed by atoms with E-state index in [1.165, 1.54) is 25.9 Å². The van der Waals surface area contributed by atoms with E-state index in [4.69, 9.17) is 0 Å². The number of likely N-dealkylation sites (tertiary alicyclic amines) is 1. The molecule has 0 aliphatic carbocycles. The molecule has 0 saturated carbocycles. The van der Waals surface area contributed by atoms with Gasteiger partial charge in [0.25, 0.3) is 0 Å². The fourth-order valence-corrected chi connectivity index (χ4v) is 2.21. The number of nitrogens with zero attached hydrogens (tertiary/aromatic N) is 1. The molecule has 1 N–H and O–H groups in total. The average Bonchev–Trinajstić information content (AvgIpc) is 2.62. The predicted octanol–water partition coefficient (Wildman–Crippen LogP) is 1.35. The van der Waals surface area contributed by atoms with Crippen molar-refractivity contribution >= 4 is 0 Å². The van der Waals surface area contributed by atoms with Crippen molar-refractivity contribution in [2.75, 3.05) is 13.1 Å². The summed E-state index contributed by atoms with van der Waals surface area (Å²) in [6.45, 7) is 7.03. The maximum absolute atomic E-state index is 3.49. The molecule has 1 atom stereocenters. The van der Waals surface area contributed by atoms with Gasteiger partial charge < -0.3 is 5.32 Å². The van der Waals surface area contributed by atoms with E-state index < -0.39 is 0 Å². The van der Waals surface area contributed by atoms with Gasteiger partial charge in [-0.05, 0) is 32.9 Å². The van der Waals surface area contributed by atoms with Gasteiger partial charge in [-0.3, -0.25) is 4.90 Å². The first-order valence-corrected chi connectivity index (χ1v) is 4.89. The highest BCUT2D eigenvalue weighted by Crippen LogP contribution is 2.29. The number of hydrogen-bond acceptors (Lipinski definition) is 2. The smallest absolute Gasteiger partial charge is 0.0542 e. The molecule has 2 aliphatic rings. The number of hydrogen-bond donors (Lipinski definition) is 1. The fourth-order valence-electron chi connectivity index (χ4n) is 2.21. The summed E-state index contributed by atoms with van der Waals surface area (Å²) in [5.74, 6) is 0. The van der Waals surface area contributed by atoms with E-state index in [2.05, 4.69) is 36.3 Å². The maximum atomic E-state index is 3.49. The summed E-state index contributed by atoms with van der Waals surface area (Å²) in [6.07, 6.45) is 6.89. The lowest BCUT2D eigenvalue weighted by atomic mass is 9.97. The Morgan fingerprint density at radius 2 is 2.33 bits per heavy atom. The van der Waals surface area contributed by atoms with Crippen molar-refractivity contribution in [3.05, 3.63) is 12.3 Å². The van der Waals surface area contributed by atoms with Crippen LogP contribution in [0.15, 0.2) is 12.3 Å². The van der Waals surface area contributed by atoms with Crippen LogP contribution in [-0.2, 0) is 0 Å². The minimum Gasteiger partial charge on any atom is -0.384 e. The second kappa shape index (κ2) is 2.77. The summed E-state index contributed by atoms with van der Waals surface area (Å²) in [4.78, 5) is 2.56. The first-order chi connectivity index (χ1) is 5.72. The molecule has 0 aromatic rings. The first kappa shape index (κ1) is 8.11. The Balaban J connectivity index is 1.97. The van der Waals surface area contributed by atoms with Crippen LogP contribution in [-0.4, -0.2) is 29.6 Å². The van der Waals surface area contributed by atoms with Crippen LogP contribution >= 0.6 is 0 Å². The molecule has 1 saturated heterocycles. The Hall–Kier alpha value is -0.500. The van der Waals surface area contributed by atoms with Gasteiger partial charge in [0.05, 0.1) is 5.54 Å². The monoisotopic (exact) mass is 166 g/mol. The summed E-state index contributed by atoms with van der Waals surface area (Å²) >= 11 is 0. The zero-order valence-electron chi connectivity index (χ0n) is 8.01. The van der Waals surface area contributed by atoms with Crippen LogP contribution in [0.4, 0.5) is 0 Å². The van der Waals surface area contributed by atoms with Crippen LogP contribution in [0.1, 0.15) is 26.7 Å². The molecule has 2 nitrogen and oxygen atoms in total. The van der Waals surface area contributed by atoms with Crippen molar-refractivity contribution in [3.8, 4) is 0 Å². The molecule has 2 heterocycles. The van der Waals surface area contributed by atoms with Crippen molar-refractivity contribution < 1.29 is 0 Å². The highest BCUT2D eigenvalue weighted by molar-refractivity contribution is 5.10. The average molecular weight is 166 g/mol. The minimum absolute atomic E-state index is 0.407. The normalized spacial score (nSPS) is 35.2. The van der Waals surface area contributed by atoms with E-state index in [1.807, 2.05) is 0 Å². The Morgan fingerprint density at radius 3 is 2.83 bits per heavy atom. The molecular weight excluding hydrogens is 148 g/mol. The molecule has 0 aromatic carbocycles. The summed E-state index contributed by atoms with van der Waals surface area (Å²) < 4.78 is 0. The van der Waals surface area contributed by atoms with Gasteiger partial charge in [0, 0.05) is 19.1 Å². The molecule has 2 heteroatoms. The zero-order chi connectivity index (χ0) is 8.60. The minimum atomic E-state index is 0.407. The predicted molar refractivity (Wildman–Crippen MR) is 50.9 cm³/mol. The van der Waals surface area contributed by atoms with E-state index in [9.17, 15) is 0 Å².